The van der Waals surface area contributed by atoms with Crippen LogP contribution in [0.25, 0.3) is 0 Å². The minimum absolute atomic E-state index is 0.305. The molecular weight excluding hydrogens is 235 g/mol. The molecule has 1 unspecified atom stereocenters. The second-order valence-electron chi connectivity index (χ2n) is 3.34. The van der Waals surface area contributed by atoms with Gasteiger partial charge in [-0.25, -0.2) is 9.37 Å². The summed E-state index contributed by atoms with van der Waals surface area (Å²) in [7, 11) is 0. The van der Waals surface area contributed by atoms with E-state index in [2.05, 4.69) is 33.2 Å². The van der Waals surface area contributed by atoms with Crippen molar-refractivity contribution in [2.45, 2.75) is 25.8 Å². The molecule has 4 heteroatoms. The van der Waals surface area contributed by atoms with Gasteiger partial charge in [0.25, 0.3) is 0 Å². The molecule has 2 nitrogen and oxygen atoms in total. The van der Waals surface area contributed by atoms with Gasteiger partial charge in [0.05, 0.1) is 11.4 Å². The second-order valence-corrected chi connectivity index (χ2v) is 4.09. The zero-order chi connectivity index (χ0) is 9.42. The fourth-order valence-corrected chi connectivity index (χ4v) is 1.84. The molecule has 70 valence electrons. The first kappa shape index (κ1) is 8.94. The Kier molecular flexibility index (Phi) is 2.24. The standard InChI is InChI=1S/C9H10BrFN2/c1-5-2-3-7-8(12-5)4-6(11)9(10)13-7/h4-5,12H,2-3H2,1H3. The van der Waals surface area contributed by atoms with Crippen LogP contribution in [0.15, 0.2) is 10.7 Å². The number of aryl methyl sites for hydroxylation is 1. The number of nitrogens with one attached hydrogen (secondary N) is 1. The third kappa shape index (κ3) is 1.68. The van der Waals surface area contributed by atoms with Crippen LogP contribution in [-0.4, -0.2) is 11.0 Å². The Balaban J connectivity index is 2.43. The number of aromatic nitrogens is 1. The fourth-order valence-electron chi connectivity index (χ4n) is 1.51. The van der Waals surface area contributed by atoms with Crippen molar-refractivity contribution in [1.29, 1.82) is 0 Å². The van der Waals surface area contributed by atoms with E-state index < -0.39 is 0 Å². The van der Waals surface area contributed by atoms with Gasteiger partial charge in [-0.05, 0) is 35.7 Å². The lowest BCUT2D eigenvalue weighted by Crippen LogP contribution is -2.23. The SMILES string of the molecule is CC1CCc2nc(Br)c(F)cc2N1. The van der Waals surface area contributed by atoms with Gasteiger partial charge in [-0.3, -0.25) is 0 Å². The number of fused-ring (bicyclic) bond motifs is 1. The highest BCUT2D eigenvalue weighted by atomic mass is 79.9. The molecule has 1 aliphatic heterocycles. The van der Waals surface area contributed by atoms with Crippen molar-refractivity contribution in [2.24, 2.45) is 0 Å². The van der Waals surface area contributed by atoms with Crippen LogP contribution < -0.4 is 5.32 Å². The van der Waals surface area contributed by atoms with Gasteiger partial charge >= 0.3 is 0 Å². The Hall–Kier alpha value is -0.640. The molecule has 0 saturated heterocycles. The van der Waals surface area contributed by atoms with E-state index in [0.29, 0.717) is 10.6 Å². The van der Waals surface area contributed by atoms with Crippen molar-refractivity contribution >= 4 is 21.6 Å². The Bertz CT molecular complexity index is 341. The molecule has 0 radical (unpaired) electrons. The highest BCUT2D eigenvalue weighted by Gasteiger charge is 2.17. The van der Waals surface area contributed by atoms with Crippen molar-refractivity contribution in [3.8, 4) is 0 Å². The maximum atomic E-state index is 13.1. The van der Waals surface area contributed by atoms with Crippen LogP contribution in [-0.2, 0) is 6.42 Å². The van der Waals surface area contributed by atoms with Gasteiger partial charge < -0.3 is 5.32 Å². The lowest BCUT2D eigenvalue weighted by Gasteiger charge is -2.23. The molecule has 1 aromatic heterocycles. The van der Waals surface area contributed by atoms with Crippen LogP contribution in [0.3, 0.4) is 0 Å². The first-order valence-corrected chi connectivity index (χ1v) is 5.07. The van der Waals surface area contributed by atoms with E-state index in [0.717, 1.165) is 24.2 Å². The number of nitrogens with zero attached hydrogens (tertiary/aromatic N) is 1. The van der Waals surface area contributed by atoms with Gasteiger partial charge in [0.1, 0.15) is 4.60 Å². The average Bonchev–Trinajstić information content (AvgIpc) is 2.08. The average molecular weight is 245 g/mol. The summed E-state index contributed by atoms with van der Waals surface area (Å²) >= 11 is 3.08. The van der Waals surface area contributed by atoms with Crippen LogP contribution in [0.1, 0.15) is 19.0 Å². The molecule has 0 aromatic carbocycles. The van der Waals surface area contributed by atoms with Gasteiger partial charge in [0, 0.05) is 12.1 Å². The Morgan fingerprint density at radius 2 is 2.46 bits per heavy atom. The van der Waals surface area contributed by atoms with Crippen molar-refractivity contribution in [2.75, 3.05) is 5.32 Å². The van der Waals surface area contributed by atoms with E-state index in [-0.39, 0.29) is 5.82 Å². The number of halogens is 2. The van der Waals surface area contributed by atoms with Crippen LogP contribution in [0.4, 0.5) is 10.1 Å². The van der Waals surface area contributed by atoms with E-state index >= 15 is 0 Å². The van der Waals surface area contributed by atoms with Gasteiger partial charge in [-0.2, -0.15) is 0 Å². The molecule has 0 amide bonds. The van der Waals surface area contributed by atoms with Crippen molar-refractivity contribution in [1.82, 2.24) is 4.98 Å². The van der Waals surface area contributed by atoms with Crippen molar-refractivity contribution < 1.29 is 4.39 Å². The predicted molar refractivity (Wildman–Crippen MR) is 53.3 cm³/mol. The second kappa shape index (κ2) is 3.25. The Labute approximate surface area is 84.7 Å². The number of rotatable bonds is 0. The van der Waals surface area contributed by atoms with Gasteiger partial charge in [-0.15, -0.1) is 0 Å². The molecule has 0 bridgehead atoms. The predicted octanol–water partition coefficient (Wildman–Crippen LogP) is 2.73. The minimum atomic E-state index is -0.305. The van der Waals surface area contributed by atoms with E-state index in [9.17, 15) is 4.39 Å². The lowest BCUT2D eigenvalue weighted by atomic mass is 10.0. The number of hydrogen-bond acceptors (Lipinski definition) is 2. The van der Waals surface area contributed by atoms with E-state index in [4.69, 9.17) is 0 Å². The number of anilines is 1. The number of pyridine rings is 1. The molecule has 2 heterocycles. The van der Waals surface area contributed by atoms with Crippen molar-refractivity contribution in [3.63, 3.8) is 0 Å². The van der Waals surface area contributed by atoms with E-state index in [1.54, 1.807) is 0 Å². The maximum Gasteiger partial charge on any atom is 0.158 e. The zero-order valence-corrected chi connectivity index (χ0v) is 8.86. The normalized spacial score (nSPS) is 20.7. The largest absolute Gasteiger partial charge is 0.381 e. The summed E-state index contributed by atoms with van der Waals surface area (Å²) in [6.45, 7) is 2.09. The highest BCUT2D eigenvalue weighted by Crippen LogP contribution is 2.26. The topological polar surface area (TPSA) is 24.9 Å². The summed E-state index contributed by atoms with van der Waals surface area (Å²) in [6.07, 6.45) is 1.97. The quantitative estimate of drug-likeness (QED) is 0.711. The smallest absolute Gasteiger partial charge is 0.158 e. The third-order valence-electron chi connectivity index (χ3n) is 2.23. The third-order valence-corrected chi connectivity index (χ3v) is 2.78. The molecule has 1 atom stereocenters. The van der Waals surface area contributed by atoms with Gasteiger partial charge in [-0.1, -0.05) is 0 Å². The van der Waals surface area contributed by atoms with E-state index in [1.807, 2.05) is 0 Å². The first-order valence-electron chi connectivity index (χ1n) is 4.28. The molecule has 1 N–H and O–H groups in total. The van der Waals surface area contributed by atoms with Crippen LogP contribution >= 0.6 is 15.9 Å². The summed E-state index contributed by atoms with van der Waals surface area (Å²) in [5.74, 6) is -0.305. The maximum absolute atomic E-state index is 13.1. The summed E-state index contributed by atoms with van der Waals surface area (Å²) in [4.78, 5) is 4.13. The first-order chi connectivity index (χ1) is 6.16. The lowest BCUT2D eigenvalue weighted by molar-refractivity contribution is 0.600. The molecule has 0 aliphatic carbocycles. The van der Waals surface area contributed by atoms with Crippen molar-refractivity contribution in [3.05, 3.63) is 22.2 Å². The molecule has 2 rings (SSSR count). The van der Waals surface area contributed by atoms with Crippen LogP contribution in [0.2, 0.25) is 0 Å². The zero-order valence-electron chi connectivity index (χ0n) is 7.27. The summed E-state index contributed by atoms with van der Waals surface area (Å²) in [5, 5.41) is 3.20. The Morgan fingerprint density at radius 3 is 3.23 bits per heavy atom. The molecule has 0 spiro atoms. The molecule has 13 heavy (non-hydrogen) atoms. The summed E-state index contributed by atoms with van der Waals surface area (Å²) in [5.41, 5.74) is 1.78. The summed E-state index contributed by atoms with van der Waals surface area (Å²) in [6, 6.07) is 1.91. The minimum Gasteiger partial charge on any atom is -0.381 e. The monoisotopic (exact) mass is 244 g/mol. The Morgan fingerprint density at radius 1 is 1.69 bits per heavy atom. The van der Waals surface area contributed by atoms with E-state index in [1.165, 1.54) is 6.07 Å². The van der Waals surface area contributed by atoms with Gasteiger partial charge in [0.2, 0.25) is 0 Å². The molecule has 1 aliphatic rings. The molecule has 0 fully saturated rings. The molecule has 0 saturated carbocycles. The number of hydrogen-bond donors (Lipinski definition) is 1. The highest BCUT2D eigenvalue weighted by molar-refractivity contribution is 9.10. The van der Waals surface area contributed by atoms with Gasteiger partial charge in [0.15, 0.2) is 5.82 Å². The fraction of sp³-hybridized carbons (Fsp3) is 0.444. The molecule has 1 aromatic rings. The van der Waals surface area contributed by atoms with Crippen LogP contribution in [0.5, 0.6) is 0 Å². The molecular formula is C9H10BrFN2. The van der Waals surface area contributed by atoms with Crippen LogP contribution in [0, 0.1) is 5.82 Å². The summed E-state index contributed by atoms with van der Waals surface area (Å²) < 4.78 is 13.4.